The minimum Gasteiger partial charge on any atom is -0.0387 e. The lowest BCUT2D eigenvalue weighted by atomic mass is 9.88. The van der Waals surface area contributed by atoms with Crippen LogP contribution in [0, 0.1) is 0 Å². The van der Waals surface area contributed by atoms with Crippen LogP contribution in [0.25, 0.3) is 310 Å². The molecule has 5 heterocycles. The summed E-state index contributed by atoms with van der Waals surface area (Å²) in [6, 6.07) is 0. The fourth-order valence-electron chi connectivity index (χ4n) is 22.5. The Kier molecular flexibility index (Phi) is 1.55. The highest BCUT2D eigenvalue weighted by Gasteiger charge is 2.51. The van der Waals surface area contributed by atoms with E-state index in [0.717, 1.165) is 0 Å². The average molecular weight is 753 g/mol. The van der Waals surface area contributed by atoms with Crippen LogP contribution in [0.1, 0.15) is 0 Å². The van der Waals surface area contributed by atoms with Crippen molar-refractivity contribution in [2.24, 2.45) is 0 Å². The quantitative estimate of drug-likeness (QED) is 0.107. The third-order valence-electron chi connectivity index (χ3n) is 22.5. The summed E-state index contributed by atoms with van der Waals surface area (Å²) in [6.45, 7) is 0. The summed E-state index contributed by atoms with van der Waals surface area (Å²) in [6.07, 6.45) is 0. The average Bonchev–Trinajstić information content (AvgIpc) is 4.09. The van der Waals surface area contributed by atoms with E-state index in [0.29, 0.717) is 0 Å². The van der Waals surface area contributed by atoms with Crippen LogP contribution in [0.3, 0.4) is 0 Å². The Balaban J connectivity index is 1.37. The van der Waals surface area contributed by atoms with Gasteiger partial charge in [0.1, 0.15) is 0 Å². The summed E-state index contributed by atoms with van der Waals surface area (Å²) >= 11 is 0. The molecule has 0 unspecified atom stereocenters. The van der Waals surface area contributed by atoms with Crippen LogP contribution in [0.2, 0.25) is 0 Å². The Bertz CT molecular complexity index is 4040. The molecule has 0 aliphatic rings. The van der Waals surface area contributed by atoms with Crippen molar-refractivity contribution in [3.05, 3.63) is 0 Å². The van der Waals surface area contributed by atoms with Crippen LogP contribution in [0.5, 0.6) is 0 Å². The monoisotopic (exact) mass is 752 g/mol. The molecule has 0 atom stereocenters. The molecule has 0 saturated heterocycles. The van der Waals surface area contributed by atoms with Gasteiger partial charge in [-0.2, -0.15) is 0 Å². The lowest BCUT2D eigenvalue weighted by molar-refractivity contribution is 2.21. The van der Waals surface area contributed by atoms with Gasteiger partial charge in [-0.3, -0.25) is 0 Å². The summed E-state index contributed by atoms with van der Waals surface area (Å²) < 4.78 is 2.04. The van der Waals surface area contributed by atoms with Crippen LogP contribution < -0.4 is 0 Å². The first-order chi connectivity index (χ1) is 30.0. The van der Waals surface area contributed by atoms with Crippen LogP contribution >= 0.6 is 0 Å². The van der Waals surface area contributed by atoms with E-state index in [4.69, 9.17) is 0 Å². The second-order valence-corrected chi connectivity index (χ2v) is 27.5. The summed E-state index contributed by atoms with van der Waals surface area (Å²) in [5.74, 6) is 0. The molecule has 60 heavy (non-hydrogen) atoms. The molecule has 2 heteroatoms. The van der Waals surface area contributed by atoms with E-state index in [1.165, 1.54) is 0 Å². The van der Waals surface area contributed by atoms with Crippen LogP contribution in [-0.4, -0.2) is 16.4 Å². The summed E-state index contributed by atoms with van der Waals surface area (Å²) in [7, 11) is -2.38. The molecule has 0 saturated carbocycles. The molecule has 240 valence electrons. The maximum atomic E-state index is 2.04. The van der Waals surface area contributed by atoms with E-state index in [9.17, 15) is 0 Å². The number of benzene rings is 16. The molecule has 27 aromatic carbocycles. The molecule has 0 N–H and O–H groups in total. The maximum absolute atomic E-state index is 2.04. The fourth-order valence-corrected chi connectivity index (χ4v) is 32.0. The summed E-state index contributed by atoms with van der Waals surface area (Å²) in [5.41, 5.74) is 0. The van der Waals surface area contributed by atoms with Gasteiger partial charge in [-0.15, -0.1) is 0 Å². The van der Waals surface area contributed by atoms with Crippen LogP contribution in [0.15, 0.2) is 0 Å². The molecular formula is C58Si2. The molecular weight excluding hydrogens is 753 g/mol. The summed E-state index contributed by atoms with van der Waals surface area (Å²) in [5, 5.41) is 91.2. The van der Waals surface area contributed by atoms with Gasteiger partial charge in [0.25, 0.3) is 0 Å². The van der Waals surface area contributed by atoms with Gasteiger partial charge in [0.2, 0.25) is 0 Å². The molecule has 5 aromatic heterocycles. The fraction of sp³-hybridized carbons (Fsp3) is 0. The van der Waals surface area contributed by atoms with Gasteiger partial charge in [0.15, 0.2) is 0 Å². The van der Waals surface area contributed by atoms with Gasteiger partial charge in [0, 0.05) is 0 Å². The second kappa shape index (κ2) is 4.50. The van der Waals surface area contributed by atoms with E-state index >= 15 is 0 Å². The first-order valence-corrected chi connectivity index (χ1v) is 25.5. The van der Waals surface area contributed by atoms with E-state index in [2.05, 4.69) is 0 Å². The third-order valence-corrected chi connectivity index (χ3v) is 29.8. The normalized spacial score (nSPS) is 18.0. The number of hydrogen-bond donors (Lipinski definition) is 0. The highest BCUT2D eigenvalue weighted by atomic mass is 28.3. The molecule has 0 nitrogen and oxygen atoms in total. The number of hydrogen-bond acceptors (Lipinski definition) is 0. The van der Waals surface area contributed by atoms with Crippen molar-refractivity contribution >= 4 is 326 Å². The number of rotatable bonds is 0. The Morgan fingerprint density at radius 3 is 0.400 bits per heavy atom. The molecule has 0 aliphatic heterocycles. The van der Waals surface area contributed by atoms with Gasteiger partial charge < -0.3 is 0 Å². The van der Waals surface area contributed by atoms with Gasteiger partial charge in [-0.25, -0.2) is 0 Å². The zero-order valence-electron chi connectivity index (χ0n) is 30.0. The molecule has 0 aliphatic carbocycles. The molecule has 0 bridgehead atoms. The molecule has 0 radical (unpaired) electrons. The van der Waals surface area contributed by atoms with E-state index in [1.54, 1.807) is 280 Å². The predicted octanol–water partition coefficient (Wildman–Crippen LogP) is 16.4. The SMILES string of the molecule is c12c3c4c5c1c1c6c7c2c2c8c3c3c9c4c4c%10c5c5c1c1c6c6c%11c7c2c2c7c8c3c3c8c9c4c4c9c%10c5c5c1c1c6c6c%11c2c2c7c3c3c8c4c4c9c5c1[si]1c6c2[si]3c41. The van der Waals surface area contributed by atoms with Crippen molar-refractivity contribution in [1.29, 1.82) is 0 Å². The van der Waals surface area contributed by atoms with Gasteiger partial charge in [-0.1, -0.05) is 0 Å². The first kappa shape index (κ1) is 20.7. The maximum Gasteiger partial charge on any atom is 0.0868 e. The van der Waals surface area contributed by atoms with Gasteiger partial charge >= 0.3 is 0 Å². The molecule has 32 aromatic rings. The van der Waals surface area contributed by atoms with Crippen LogP contribution in [0.4, 0.5) is 0 Å². The van der Waals surface area contributed by atoms with Crippen molar-refractivity contribution in [2.75, 3.05) is 0 Å². The Morgan fingerprint density at radius 2 is 0.217 bits per heavy atom. The summed E-state index contributed by atoms with van der Waals surface area (Å²) in [4.78, 5) is 7.66. The van der Waals surface area contributed by atoms with Crippen molar-refractivity contribution in [2.45, 2.75) is 0 Å². The third kappa shape index (κ3) is 1.02. The Morgan fingerprint density at radius 1 is 0.100 bits per heavy atom. The molecule has 0 fully saturated rings. The Labute approximate surface area is 324 Å². The molecule has 0 amide bonds. The lowest BCUT2D eigenvalue weighted by Crippen LogP contribution is -1.97. The highest BCUT2D eigenvalue weighted by molar-refractivity contribution is 7.11. The zero-order chi connectivity index (χ0) is 34.6. The highest BCUT2D eigenvalue weighted by Crippen LogP contribution is 2.79. The predicted molar refractivity (Wildman–Crippen MR) is 264 cm³/mol. The topological polar surface area (TPSA) is 0 Å². The van der Waals surface area contributed by atoms with Crippen molar-refractivity contribution < 1.29 is 0 Å². The van der Waals surface area contributed by atoms with Gasteiger partial charge in [0.05, 0.1) is 16.4 Å². The second-order valence-electron chi connectivity index (χ2n) is 22.5. The standard InChI is InChI=1S/C58Si2/c1-2-4-5-3(1)8-14-10-6(1)9-13-7(2)17-19-11(4)15-16-12(5)20-18(8)28-24(14)34-32-22(10)21(9)31-33-23(13)27(17)37-39-29(19)25(15)35-36-26(16)30(20)40-38(28)48-44(34)52-42(32)41(31)51-43(33)47(37)54-49(39)45(35)53-46(36)50(40)55(48)60-57(52)56(51)59(54)58(53)60. The molecule has 32 rings (SSSR count). The van der Waals surface area contributed by atoms with Crippen molar-refractivity contribution in [3.8, 4) is 0 Å². The first-order valence-electron chi connectivity index (χ1n) is 22.5. The largest absolute Gasteiger partial charge is 0.0868 e. The minimum absolute atomic E-state index is 1.19. The van der Waals surface area contributed by atoms with Crippen LogP contribution in [-0.2, 0) is 0 Å². The van der Waals surface area contributed by atoms with E-state index in [1.807, 2.05) is 30.0 Å². The van der Waals surface area contributed by atoms with E-state index in [-0.39, 0.29) is 0 Å². The van der Waals surface area contributed by atoms with E-state index < -0.39 is 16.4 Å². The van der Waals surface area contributed by atoms with Crippen molar-refractivity contribution in [3.63, 3.8) is 0 Å². The minimum atomic E-state index is -1.19. The van der Waals surface area contributed by atoms with Gasteiger partial charge in [-0.05, 0) is 310 Å². The molecule has 0 spiro atoms. The lowest BCUT2D eigenvalue weighted by Gasteiger charge is -2.14. The smallest absolute Gasteiger partial charge is 0.0387 e. The Hall–Kier alpha value is -7.11. The zero-order valence-corrected chi connectivity index (χ0v) is 32.0. The van der Waals surface area contributed by atoms with Crippen molar-refractivity contribution in [1.82, 2.24) is 0 Å².